The molecule has 0 aromatic rings. The molecule has 2 aliphatic rings. The highest BCUT2D eigenvalue weighted by atomic mass is 14.9. The van der Waals surface area contributed by atoms with E-state index in [1.54, 1.807) is 0 Å². The summed E-state index contributed by atoms with van der Waals surface area (Å²) in [5.41, 5.74) is 0. The Bertz CT molecular complexity index is 112. The fourth-order valence-corrected chi connectivity index (χ4v) is 2.11. The summed E-state index contributed by atoms with van der Waals surface area (Å²) in [7, 11) is 0. The third-order valence-electron chi connectivity index (χ3n) is 3.10. The van der Waals surface area contributed by atoms with Crippen LogP contribution in [0.3, 0.4) is 0 Å². The van der Waals surface area contributed by atoms with Gasteiger partial charge in [0.2, 0.25) is 0 Å². The third kappa shape index (κ3) is 1.20. The van der Waals surface area contributed by atoms with Crippen LogP contribution in [0.15, 0.2) is 0 Å². The maximum Gasteiger partial charge on any atom is 0.00958 e. The Kier molecular flexibility index (Phi) is 1.69. The summed E-state index contributed by atoms with van der Waals surface area (Å²) >= 11 is 0. The van der Waals surface area contributed by atoms with Crippen LogP contribution in [0, 0.1) is 11.8 Å². The second-order valence-corrected chi connectivity index (χ2v) is 3.90. The molecule has 2 rings (SSSR count). The van der Waals surface area contributed by atoms with Crippen molar-refractivity contribution in [1.82, 2.24) is 5.32 Å². The van der Waals surface area contributed by atoms with Crippen molar-refractivity contribution >= 4 is 0 Å². The average molecular weight is 139 g/mol. The van der Waals surface area contributed by atoms with Crippen molar-refractivity contribution in [2.24, 2.45) is 11.8 Å². The fraction of sp³-hybridized carbons (Fsp3) is 1.00. The first kappa shape index (κ1) is 6.66. The van der Waals surface area contributed by atoms with Gasteiger partial charge in [-0.3, -0.25) is 0 Å². The van der Waals surface area contributed by atoms with E-state index in [1.807, 2.05) is 0 Å². The number of rotatable bonds is 2. The van der Waals surface area contributed by atoms with Gasteiger partial charge in [-0.2, -0.15) is 0 Å². The van der Waals surface area contributed by atoms with E-state index in [2.05, 4.69) is 12.2 Å². The lowest BCUT2D eigenvalue weighted by Gasteiger charge is -2.18. The Labute approximate surface area is 63.2 Å². The lowest BCUT2D eigenvalue weighted by Crippen LogP contribution is -2.29. The van der Waals surface area contributed by atoms with Crippen molar-refractivity contribution < 1.29 is 0 Å². The monoisotopic (exact) mass is 139 g/mol. The fourth-order valence-electron chi connectivity index (χ4n) is 2.11. The highest BCUT2D eigenvalue weighted by molar-refractivity contribution is 4.88. The Hall–Kier alpha value is -0.0400. The van der Waals surface area contributed by atoms with Crippen LogP contribution in [-0.2, 0) is 0 Å². The van der Waals surface area contributed by atoms with Crippen molar-refractivity contribution in [2.45, 2.75) is 38.6 Å². The van der Waals surface area contributed by atoms with Crippen LogP contribution in [-0.4, -0.2) is 12.6 Å². The van der Waals surface area contributed by atoms with Gasteiger partial charge in [-0.25, -0.2) is 0 Å². The molecule has 1 N–H and O–H groups in total. The topological polar surface area (TPSA) is 12.0 Å². The Morgan fingerprint density at radius 3 is 2.60 bits per heavy atom. The molecule has 0 amide bonds. The third-order valence-corrected chi connectivity index (χ3v) is 3.10. The highest BCUT2D eigenvalue weighted by Gasteiger charge is 2.33. The molecule has 1 saturated heterocycles. The van der Waals surface area contributed by atoms with Crippen LogP contribution in [0.4, 0.5) is 0 Å². The van der Waals surface area contributed by atoms with E-state index >= 15 is 0 Å². The van der Waals surface area contributed by atoms with Crippen LogP contribution < -0.4 is 5.32 Å². The second kappa shape index (κ2) is 2.54. The summed E-state index contributed by atoms with van der Waals surface area (Å²) in [6.07, 6.45) is 5.83. The highest BCUT2D eigenvalue weighted by Crippen LogP contribution is 2.39. The van der Waals surface area contributed by atoms with Gasteiger partial charge in [-0.05, 0) is 44.1 Å². The van der Waals surface area contributed by atoms with E-state index < -0.39 is 0 Å². The average Bonchev–Trinajstić information content (AvgIpc) is 2.65. The smallest absolute Gasteiger partial charge is 0.00958 e. The Morgan fingerprint density at radius 2 is 2.10 bits per heavy atom. The van der Waals surface area contributed by atoms with E-state index in [0.717, 1.165) is 17.9 Å². The predicted octanol–water partition coefficient (Wildman–Crippen LogP) is 1.78. The molecule has 58 valence electrons. The van der Waals surface area contributed by atoms with Crippen molar-refractivity contribution in [2.75, 3.05) is 6.54 Å². The van der Waals surface area contributed by atoms with Crippen LogP contribution in [0.2, 0.25) is 0 Å². The molecule has 0 aromatic carbocycles. The van der Waals surface area contributed by atoms with Crippen LogP contribution in [0.1, 0.15) is 32.6 Å². The van der Waals surface area contributed by atoms with E-state index in [9.17, 15) is 0 Å². The number of hydrogen-bond donors (Lipinski definition) is 1. The maximum atomic E-state index is 3.58. The quantitative estimate of drug-likeness (QED) is 0.615. The second-order valence-electron chi connectivity index (χ2n) is 3.90. The van der Waals surface area contributed by atoms with Gasteiger partial charge in [-0.15, -0.1) is 0 Å². The van der Waals surface area contributed by atoms with Gasteiger partial charge in [0.05, 0.1) is 0 Å². The van der Waals surface area contributed by atoms with Gasteiger partial charge in [0.25, 0.3) is 0 Å². The zero-order valence-corrected chi connectivity index (χ0v) is 6.77. The summed E-state index contributed by atoms with van der Waals surface area (Å²) in [5, 5.41) is 3.58. The lowest BCUT2D eigenvalue weighted by atomic mass is 9.96. The first-order valence-electron chi connectivity index (χ1n) is 4.61. The predicted molar refractivity (Wildman–Crippen MR) is 42.9 cm³/mol. The molecule has 1 aliphatic heterocycles. The first-order chi connectivity index (χ1) is 4.88. The molecule has 0 aromatic heterocycles. The zero-order chi connectivity index (χ0) is 6.97. The Morgan fingerprint density at radius 1 is 1.30 bits per heavy atom. The van der Waals surface area contributed by atoms with E-state index in [4.69, 9.17) is 0 Å². The van der Waals surface area contributed by atoms with E-state index in [-0.39, 0.29) is 0 Å². The van der Waals surface area contributed by atoms with Crippen molar-refractivity contribution in [3.8, 4) is 0 Å². The minimum atomic E-state index is 0.868. The van der Waals surface area contributed by atoms with Gasteiger partial charge in [0, 0.05) is 6.04 Å². The summed E-state index contributed by atoms with van der Waals surface area (Å²) in [4.78, 5) is 0. The van der Waals surface area contributed by atoms with Crippen LogP contribution >= 0.6 is 0 Å². The molecule has 1 aliphatic carbocycles. The van der Waals surface area contributed by atoms with Gasteiger partial charge < -0.3 is 5.32 Å². The molecule has 2 fully saturated rings. The summed E-state index contributed by atoms with van der Waals surface area (Å²) in [6.45, 7) is 3.68. The molecule has 1 heteroatoms. The van der Waals surface area contributed by atoms with Crippen LogP contribution in [0.25, 0.3) is 0 Å². The number of hydrogen-bond acceptors (Lipinski definition) is 1. The molecule has 1 heterocycles. The zero-order valence-electron chi connectivity index (χ0n) is 6.77. The molecule has 2 atom stereocenters. The standard InChI is InChI=1S/C9H17N/c1-7(8-4-5-8)9-3-2-6-10-9/h7-10H,2-6H2,1H3. The molecular weight excluding hydrogens is 122 g/mol. The molecule has 0 radical (unpaired) electrons. The van der Waals surface area contributed by atoms with E-state index in [0.29, 0.717) is 0 Å². The van der Waals surface area contributed by atoms with Gasteiger partial charge in [-0.1, -0.05) is 6.92 Å². The van der Waals surface area contributed by atoms with Crippen molar-refractivity contribution in [3.05, 3.63) is 0 Å². The molecule has 0 bridgehead atoms. The minimum absolute atomic E-state index is 0.868. The van der Waals surface area contributed by atoms with Gasteiger partial charge in [0.1, 0.15) is 0 Å². The molecule has 1 saturated carbocycles. The normalized spacial score (nSPS) is 36.3. The summed E-state index contributed by atoms with van der Waals surface area (Å²) < 4.78 is 0. The molecule has 0 spiro atoms. The van der Waals surface area contributed by atoms with Gasteiger partial charge in [0.15, 0.2) is 0 Å². The molecule has 1 nitrogen and oxygen atoms in total. The lowest BCUT2D eigenvalue weighted by molar-refractivity contribution is 0.377. The molecule has 2 unspecified atom stereocenters. The molecular formula is C9H17N. The van der Waals surface area contributed by atoms with Gasteiger partial charge >= 0.3 is 0 Å². The van der Waals surface area contributed by atoms with Crippen molar-refractivity contribution in [3.63, 3.8) is 0 Å². The number of nitrogens with one attached hydrogen (secondary N) is 1. The minimum Gasteiger partial charge on any atom is -0.314 e. The maximum absolute atomic E-state index is 3.58. The largest absolute Gasteiger partial charge is 0.314 e. The Balaban J connectivity index is 1.84. The first-order valence-corrected chi connectivity index (χ1v) is 4.61. The van der Waals surface area contributed by atoms with E-state index in [1.165, 1.54) is 32.2 Å². The molecule has 10 heavy (non-hydrogen) atoms. The summed E-state index contributed by atoms with van der Waals surface area (Å²) in [6, 6.07) is 0.868. The SMILES string of the molecule is CC(C1CC1)C1CCCN1. The van der Waals surface area contributed by atoms with Crippen molar-refractivity contribution in [1.29, 1.82) is 0 Å². The van der Waals surface area contributed by atoms with Crippen LogP contribution in [0.5, 0.6) is 0 Å². The summed E-state index contributed by atoms with van der Waals surface area (Å²) in [5.74, 6) is 2.04.